The first kappa shape index (κ1) is 21.9. The molecule has 7 nitrogen and oxygen atoms in total. The third kappa shape index (κ3) is 6.07. The Bertz CT molecular complexity index is 746. The van der Waals surface area contributed by atoms with Crippen LogP contribution in [-0.2, 0) is 19.5 Å². The normalized spacial score (nSPS) is 24.9. The van der Waals surface area contributed by atoms with Crippen LogP contribution < -0.4 is 0 Å². The molecule has 0 aromatic heterocycles. The molecule has 2 rings (SSSR count). The fraction of sp³-hybridized carbons (Fsp3) is 0.611. The molecule has 0 N–H and O–H groups in total. The summed E-state index contributed by atoms with van der Waals surface area (Å²) in [5, 5.41) is 1.76. The van der Waals surface area contributed by atoms with Crippen molar-refractivity contribution in [3.63, 3.8) is 0 Å². The number of sulfonamides is 1. The minimum absolute atomic E-state index is 0.216. The predicted octanol–water partition coefficient (Wildman–Crippen LogP) is 2.85. The number of carbonyl (C=O) groups is 1. The predicted molar refractivity (Wildman–Crippen MR) is 105 cm³/mol. The average molecular weight is 419 g/mol. The summed E-state index contributed by atoms with van der Waals surface area (Å²) in [7, 11) is -2.10. The van der Waals surface area contributed by atoms with Crippen LogP contribution in [0.1, 0.15) is 27.2 Å². The summed E-state index contributed by atoms with van der Waals surface area (Å²) in [4.78, 5) is 13.6. The van der Waals surface area contributed by atoms with Gasteiger partial charge in [0, 0.05) is 50.1 Å². The number of allylic oxidation sites excluding steroid dienone is 2. The topological polar surface area (TPSA) is 76.2 Å². The Hall–Kier alpha value is -1.35. The second-order valence-electron chi connectivity index (χ2n) is 7.50. The Balaban J connectivity index is 1.99. The standard InChI is InChI=1S/C18H27ClN2O5S/c1-17(2,3)26-16(22)20-10-12-21(13-11-20)27(23,24)14-9-18(25-4)7-5-15(19)6-8-18/h5-7,9,14H,8,10-13H2,1-4H3/b14-9+. The van der Waals surface area contributed by atoms with Gasteiger partial charge in [-0.05, 0) is 39.0 Å². The zero-order valence-corrected chi connectivity index (χ0v) is 17.7. The molecule has 0 aromatic carbocycles. The molecule has 0 aromatic rings. The lowest BCUT2D eigenvalue weighted by molar-refractivity contribution is 0.0193. The van der Waals surface area contributed by atoms with Gasteiger partial charge in [0.15, 0.2) is 0 Å². The average Bonchev–Trinajstić information content (AvgIpc) is 2.60. The molecule has 9 heteroatoms. The van der Waals surface area contributed by atoms with Crippen LogP contribution in [0.5, 0.6) is 0 Å². The van der Waals surface area contributed by atoms with Crippen molar-refractivity contribution < 1.29 is 22.7 Å². The first-order chi connectivity index (χ1) is 12.5. The van der Waals surface area contributed by atoms with Gasteiger partial charge >= 0.3 is 6.09 Å². The largest absolute Gasteiger partial charge is 0.444 e. The Morgan fingerprint density at radius 2 is 1.89 bits per heavy atom. The maximum atomic E-state index is 12.6. The van der Waals surface area contributed by atoms with Gasteiger partial charge < -0.3 is 14.4 Å². The lowest BCUT2D eigenvalue weighted by Crippen LogP contribution is -2.51. The number of piperazine rings is 1. The molecule has 1 saturated heterocycles. The van der Waals surface area contributed by atoms with Crippen LogP contribution in [0.25, 0.3) is 0 Å². The summed E-state index contributed by atoms with van der Waals surface area (Å²) in [5.41, 5.74) is -1.41. The lowest BCUT2D eigenvalue weighted by atomic mass is 9.95. The molecule has 0 spiro atoms. The van der Waals surface area contributed by atoms with Crippen LogP contribution >= 0.6 is 11.6 Å². The van der Waals surface area contributed by atoms with E-state index in [4.69, 9.17) is 21.1 Å². The van der Waals surface area contributed by atoms with Crippen molar-refractivity contribution in [2.75, 3.05) is 33.3 Å². The van der Waals surface area contributed by atoms with Gasteiger partial charge in [-0.25, -0.2) is 13.2 Å². The van der Waals surface area contributed by atoms with Crippen molar-refractivity contribution in [2.24, 2.45) is 0 Å². The van der Waals surface area contributed by atoms with Crippen LogP contribution in [0, 0.1) is 0 Å². The molecule has 1 heterocycles. The molecule has 0 radical (unpaired) electrons. The van der Waals surface area contributed by atoms with E-state index in [9.17, 15) is 13.2 Å². The fourth-order valence-corrected chi connectivity index (χ4v) is 4.08. The maximum absolute atomic E-state index is 12.6. The molecule has 1 atom stereocenters. The Labute approximate surface area is 166 Å². The molecule has 0 bridgehead atoms. The zero-order chi connectivity index (χ0) is 20.3. The summed E-state index contributed by atoms with van der Waals surface area (Å²) in [6.45, 7) is 6.39. The van der Waals surface area contributed by atoms with E-state index in [1.165, 1.54) is 22.4 Å². The van der Waals surface area contributed by atoms with Crippen molar-refractivity contribution in [3.05, 3.63) is 34.7 Å². The monoisotopic (exact) mass is 418 g/mol. The molecule has 27 heavy (non-hydrogen) atoms. The zero-order valence-electron chi connectivity index (χ0n) is 16.1. The summed E-state index contributed by atoms with van der Waals surface area (Å²) in [5.74, 6) is 0. The highest BCUT2D eigenvalue weighted by molar-refractivity contribution is 7.92. The van der Waals surface area contributed by atoms with Gasteiger partial charge in [-0.3, -0.25) is 0 Å². The fourth-order valence-electron chi connectivity index (χ4n) is 2.70. The first-order valence-corrected chi connectivity index (χ1v) is 10.6. The summed E-state index contributed by atoms with van der Waals surface area (Å²) in [6, 6.07) is 0. The molecule has 0 saturated carbocycles. The highest BCUT2D eigenvalue weighted by atomic mass is 35.5. The minimum atomic E-state index is -3.62. The van der Waals surface area contributed by atoms with Crippen LogP contribution in [0.4, 0.5) is 4.79 Å². The molecule has 1 fully saturated rings. The molecule has 152 valence electrons. The number of ether oxygens (including phenoxy) is 2. The number of halogens is 1. The molecule has 1 unspecified atom stereocenters. The molecule has 1 amide bonds. The Kier molecular flexibility index (Phi) is 6.78. The SMILES string of the molecule is COC1(/C=C/S(=O)(=O)N2CCN(C(=O)OC(C)(C)C)CC2)C=CC(Cl)=CC1. The Morgan fingerprint density at radius 3 is 2.37 bits per heavy atom. The van der Waals surface area contributed by atoms with Gasteiger partial charge in [-0.2, -0.15) is 4.31 Å². The lowest BCUT2D eigenvalue weighted by Gasteiger charge is -2.34. The van der Waals surface area contributed by atoms with Crippen molar-refractivity contribution in [3.8, 4) is 0 Å². The van der Waals surface area contributed by atoms with Crippen molar-refractivity contribution in [1.29, 1.82) is 0 Å². The van der Waals surface area contributed by atoms with Crippen molar-refractivity contribution in [2.45, 2.75) is 38.4 Å². The van der Waals surface area contributed by atoms with E-state index in [1.54, 1.807) is 39.0 Å². The number of methoxy groups -OCH3 is 1. The number of carbonyl (C=O) groups excluding carboxylic acids is 1. The quantitative estimate of drug-likeness (QED) is 0.701. The maximum Gasteiger partial charge on any atom is 0.410 e. The second kappa shape index (κ2) is 8.34. The van der Waals surface area contributed by atoms with E-state index in [2.05, 4.69) is 0 Å². The van der Waals surface area contributed by atoms with E-state index in [1.807, 2.05) is 0 Å². The van der Waals surface area contributed by atoms with Gasteiger partial charge in [0.1, 0.15) is 11.2 Å². The van der Waals surface area contributed by atoms with E-state index < -0.39 is 27.3 Å². The number of rotatable bonds is 4. The van der Waals surface area contributed by atoms with E-state index in [0.29, 0.717) is 11.5 Å². The van der Waals surface area contributed by atoms with E-state index in [-0.39, 0.29) is 26.2 Å². The summed E-state index contributed by atoms with van der Waals surface area (Å²) < 4.78 is 37.4. The van der Waals surface area contributed by atoms with Gasteiger partial charge in [0.2, 0.25) is 10.0 Å². The van der Waals surface area contributed by atoms with Crippen molar-refractivity contribution in [1.82, 2.24) is 9.21 Å². The third-order valence-electron chi connectivity index (χ3n) is 4.29. The van der Waals surface area contributed by atoms with Crippen LogP contribution in [-0.4, -0.2) is 68.2 Å². The van der Waals surface area contributed by atoms with Crippen LogP contribution in [0.3, 0.4) is 0 Å². The van der Waals surface area contributed by atoms with Gasteiger partial charge in [0.25, 0.3) is 0 Å². The molecule has 1 aliphatic heterocycles. The molecule has 2 aliphatic rings. The third-order valence-corrected chi connectivity index (χ3v) is 6.14. The highest BCUT2D eigenvalue weighted by Crippen LogP contribution is 2.28. The van der Waals surface area contributed by atoms with Gasteiger partial charge in [0.05, 0.1) is 0 Å². The molecular weight excluding hydrogens is 392 g/mol. The molecule has 1 aliphatic carbocycles. The number of hydrogen-bond donors (Lipinski definition) is 0. The van der Waals surface area contributed by atoms with Crippen LogP contribution in [0.2, 0.25) is 0 Å². The van der Waals surface area contributed by atoms with Gasteiger partial charge in [-0.1, -0.05) is 17.7 Å². The summed E-state index contributed by atoms with van der Waals surface area (Å²) in [6.07, 6.45) is 6.76. The van der Waals surface area contributed by atoms with E-state index >= 15 is 0 Å². The first-order valence-electron chi connectivity index (χ1n) is 8.74. The summed E-state index contributed by atoms with van der Waals surface area (Å²) >= 11 is 5.92. The molecular formula is C18H27ClN2O5S. The van der Waals surface area contributed by atoms with Crippen molar-refractivity contribution >= 4 is 27.7 Å². The van der Waals surface area contributed by atoms with Crippen LogP contribution in [0.15, 0.2) is 34.7 Å². The number of hydrogen-bond acceptors (Lipinski definition) is 5. The number of amides is 1. The minimum Gasteiger partial charge on any atom is -0.444 e. The smallest absolute Gasteiger partial charge is 0.410 e. The number of nitrogens with zero attached hydrogens (tertiary/aromatic N) is 2. The highest BCUT2D eigenvalue weighted by Gasteiger charge is 2.31. The Morgan fingerprint density at radius 1 is 1.26 bits per heavy atom. The van der Waals surface area contributed by atoms with E-state index in [0.717, 1.165) is 5.41 Å². The van der Waals surface area contributed by atoms with Gasteiger partial charge in [-0.15, -0.1) is 0 Å². The second-order valence-corrected chi connectivity index (χ2v) is 9.75.